The lowest BCUT2D eigenvalue weighted by Gasteiger charge is -2.31. The van der Waals surface area contributed by atoms with E-state index in [9.17, 15) is 0 Å². The van der Waals surface area contributed by atoms with Gasteiger partial charge < -0.3 is 15.1 Å². The van der Waals surface area contributed by atoms with E-state index in [1.807, 2.05) is 24.3 Å². The first-order valence-corrected chi connectivity index (χ1v) is 6.70. The van der Waals surface area contributed by atoms with Crippen LogP contribution in [0, 0.1) is 0 Å². The van der Waals surface area contributed by atoms with Crippen molar-refractivity contribution in [1.29, 1.82) is 0 Å². The molecule has 1 aliphatic rings. The summed E-state index contributed by atoms with van der Waals surface area (Å²) in [6.45, 7) is 3.18. The van der Waals surface area contributed by atoms with Gasteiger partial charge in [0, 0.05) is 23.8 Å². The third-order valence-corrected chi connectivity index (χ3v) is 3.60. The van der Waals surface area contributed by atoms with E-state index in [-0.39, 0.29) is 0 Å². The number of hydrogen-bond donors (Lipinski definition) is 1. The Morgan fingerprint density at radius 3 is 3.00 bits per heavy atom. The Kier molecular flexibility index (Phi) is 3.11. The van der Waals surface area contributed by atoms with Crippen LogP contribution >= 0.6 is 0 Å². The van der Waals surface area contributed by atoms with Crippen molar-refractivity contribution in [3.8, 4) is 11.5 Å². The Hall–Kier alpha value is -2.04. The average molecular weight is 258 g/mol. The van der Waals surface area contributed by atoms with E-state index in [0.29, 0.717) is 23.6 Å². The average Bonchev–Trinajstić information content (AvgIpc) is 2.89. The SMILES string of the molecule is CC1CCCCN1c1nnc(-c2cccc(N)c2)o1. The van der Waals surface area contributed by atoms with Crippen molar-refractivity contribution in [2.75, 3.05) is 17.2 Å². The van der Waals surface area contributed by atoms with E-state index in [0.717, 1.165) is 12.1 Å². The largest absolute Gasteiger partial charge is 0.403 e. The molecule has 5 heteroatoms. The van der Waals surface area contributed by atoms with Crippen LogP contribution in [0.5, 0.6) is 0 Å². The number of aromatic nitrogens is 2. The lowest BCUT2D eigenvalue weighted by atomic mass is 10.0. The Labute approximate surface area is 112 Å². The maximum atomic E-state index is 5.78. The fourth-order valence-corrected chi connectivity index (χ4v) is 2.50. The first kappa shape index (κ1) is 12.0. The zero-order valence-corrected chi connectivity index (χ0v) is 11.0. The quantitative estimate of drug-likeness (QED) is 0.839. The van der Waals surface area contributed by atoms with Crippen molar-refractivity contribution in [2.24, 2.45) is 0 Å². The predicted octanol–water partition coefficient (Wildman–Crippen LogP) is 2.70. The molecule has 2 heterocycles. The molecule has 2 aromatic rings. The van der Waals surface area contributed by atoms with Crippen molar-refractivity contribution in [2.45, 2.75) is 32.2 Å². The number of benzene rings is 1. The summed E-state index contributed by atoms with van der Waals surface area (Å²) in [4.78, 5) is 2.19. The minimum absolute atomic E-state index is 0.461. The molecule has 0 saturated carbocycles. The van der Waals surface area contributed by atoms with Crippen LogP contribution in [-0.4, -0.2) is 22.8 Å². The molecule has 5 nitrogen and oxygen atoms in total. The summed E-state index contributed by atoms with van der Waals surface area (Å²) in [5.74, 6) is 0.528. The van der Waals surface area contributed by atoms with Gasteiger partial charge in [0.25, 0.3) is 0 Å². The number of piperidine rings is 1. The monoisotopic (exact) mass is 258 g/mol. The van der Waals surface area contributed by atoms with Gasteiger partial charge in [-0.15, -0.1) is 5.10 Å². The fraction of sp³-hybridized carbons (Fsp3) is 0.429. The molecule has 19 heavy (non-hydrogen) atoms. The van der Waals surface area contributed by atoms with E-state index in [4.69, 9.17) is 10.2 Å². The van der Waals surface area contributed by atoms with Crippen LogP contribution < -0.4 is 10.6 Å². The Bertz CT molecular complexity index is 566. The zero-order valence-electron chi connectivity index (χ0n) is 11.0. The molecule has 1 aromatic carbocycles. The second-order valence-electron chi connectivity index (χ2n) is 5.05. The first-order chi connectivity index (χ1) is 9.24. The maximum Gasteiger partial charge on any atom is 0.318 e. The maximum absolute atomic E-state index is 5.78. The van der Waals surface area contributed by atoms with E-state index >= 15 is 0 Å². The van der Waals surface area contributed by atoms with Gasteiger partial charge in [-0.05, 0) is 44.4 Å². The zero-order chi connectivity index (χ0) is 13.2. The summed E-state index contributed by atoms with van der Waals surface area (Å²) < 4.78 is 5.78. The van der Waals surface area contributed by atoms with E-state index in [1.54, 1.807) is 0 Å². The molecule has 1 aliphatic heterocycles. The Morgan fingerprint density at radius 2 is 2.21 bits per heavy atom. The number of rotatable bonds is 2. The second kappa shape index (κ2) is 4.91. The highest BCUT2D eigenvalue weighted by molar-refractivity contribution is 5.59. The van der Waals surface area contributed by atoms with Gasteiger partial charge in [0.05, 0.1) is 0 Å². The number of nitrogens with two attached hydrogens (primary N) is 1. The van der Waals surface area contributed by atoms with Crippen LogP contribution in [-0.2, 0) is 0 Å². The van der Waals surface area contributed by atoms with Crippen molar-refractivity contribution in [1.82, 2.24) is 10.2 Å². The lowest BCUT2D eigenvalue weighted by molar-refractivity contribution is 0.438. The second-order valence-corrected chi connectivity index (χ2v) is 5.05. The van der Waals surface area contributed by atoms with Crippen LogP contribution in [0.2, 0.25) is 0 Å². The van der Waals surface area contributed by atoms with Gasteiger partial charge in [-0.2, -0.15) is 0 Å². The van der Waals surface area contributed by atoms with Crippen LogP contribution in [0.4, 0.5) is 11.7 Å². The number of anilines is 2. The highest BCUT2D eigenvalue weighted by Crippen LogP contribution is 2.27. The molecular weight excluding hydrogens is 240 g/mol. The van der Waals surface area contributed by atoms with Crippen molar-refractivity contribution < 1.29 is 4.42 Å². The smallest absolute Gasteiger partial charge is 0.318 e. The van der Waals surface area contributed by atoms with Crippen molar-refractivity contribution in [3.63, 3.8) is 0 Å². The number of nitrogen functional groups attached to an aromatic ring is 1. The predicted molar refractivity (Wildman–Crippen MR) is 74.8 cm³/mol. The van der Waals surface area contributed by atoms with E-state index < -0.39 is 0 Å². The molecule has 2 N–H and O–H groups in total. The summed E-state index contributed by atoms with van der Waals surface area (Å²) in [6.07, 6.45) is 3.63. The third kappa shape index (κ3) is 2.41. The van der Waals surface area contributed by atoms with E-state index in [1.165, 1.54) is 19.3 Å². The molecule has 1 atom stereocenters. The molecule has 3 rings (SSSR count). The summed E-state index contributed by atoms with van der Waals surface area (Å²) in [5, 5.41) is 8.29. The van der Waals surface area contributed by atoms with Gasteiger partial charge in [0.15, 0.2) is 0 Å². The molecule has 0 radical (unpaired) electrons. The highest BCUT2D eigenvalue weighted by Gasteiger charge is 2.23. The topological polar surface area (TPSA) is 68.2 Å². The molecule has 1 saturated heterocycles. The molecule has 0 spiro atoms. The highest BCUT2D eigenvalue weighted by atomic mass is 16.4. The van der Waals surface area contributed by atoms with Crippen LogP contribution in [0.15, 0.2) is 28.7 Å². The molecule has 1 unspecified atom stereocenters. The van der Waals surface area contributed by atoms with Crippen LogP contribution in [0.25, 0.3) is 11.5 Å². The van der Waals surface area contributed by atoms with E-state index in [2.05, 4.69) is 22.0 Å². The lowest BCUT2D eigenvalue weighted by Crippen LogP contribution is -2.37. The molecule has 100 valence electrons. The van der Waals surface area contributed by atoms with Gasteiger partial charge >= 0.3 is 6.01 Å². The van der Waals surface area contributed by atoms with Crippen LogP contribution in [0.1, 0.15) is 26.2 Å². The van der Waals surface area contributed by atoms with Crippen LogP contribution in [0.3, 0.4) is 0 Å². The van der Waals surface area contributed by atoms with Crippen molar-refractivity contribution >= 4 is 11.7 Å². The third-order valence-electron chi connectivity index (χ3n) is 3.60. The summed E-state index contributed by atoms with van der Waals surface area (Å²) in [5.41, 5.74) is 7.33. The van der Waals surface area contributed by atoms with Gasteiger partial charge in [-0.25, -0.2) is 0 Å². The normalized spacial score (nSPS) is 19.6. The molecule has 0 aliphatic carbocycles. The van der Waals surface area contributed by atoms with Gasteiger partial charge in [0.2, 0.25) is 5.89 Å². The van der Waals surface area contributed by atoms with Gasteiger partial charge in [-0.3, -0.25) is 0 Å². The molecule has 1 aromatic heterocycles. The van der Waals surface area contributed by atoms with Gasteiger partial charge in [-0.1, -0.05) is 11.2 Å². The molecule has 1 fully saturated rings. The minimum atomic E-state index is 0.461. The minimum Gasteiger partial charge on any atom is -0.403 e. The van der Waals surface area contributed by atoms with Gasteiger partial charge in [0.1, 0.15) is 0 Å². The molecular formula is C14H18N4O. The standard InChI is InChI=1S/C14H18N4O/c1-10-5-2-3-8-18(10)14-17-16-13(19-14)11-6-4-7-12(15)9-11/h4,6-7,9-10H,2-3,5,8,15H2,1H3. The summed E-state index contributed by atoms with van der Waals surface area (Å²) >= 11 is 0. The fourth-order valence-electron chi connectivity index (χ4n) is 2.50. The Balaban J connectivity index is 1.86. The number of nitrogens with zero attached hydrogens (tertiary/aromatic N) is 3. The van der Waals surface area contributed by atoms with Crippen molar-refractivity contribution in [3.05, 3.63) is 24.3 Å². The number of hydrogen-bond acceptors (Lipinski definition) is 5. The Morgan fingerprint density at radius 1 is 1.32 bits per heavy atom. The molecule has 0 amide bonds. The summed E-state index contributed by atoms with van der Waals surface area (Å²) in [7, 11) is 0. The first-order valence-electron chi connectivity index (χ1n) is 6.70. The molecule has 0 bridgehead atoms. The summed E-state index contributed by atoms with van der Waals surface area (Å²) in [6, 6.07) is 8.57.